The number of esters is 1. The van der Waals surface area contributed by atoms with Crippen molar-refractivity contribution in [1.82, 2.24) is 9.97 Å². The van der Waals surface area contributed by atoms with Crippen molar-refractivity contribution in [2.24, 2.45) is 5.92 Å². The third kappa shape index (κ3) is 9.91. The summed E-state index contributed by atoms with van der Waals surface area (Å²) >= 11 is 0. The molecular weight excluding hydrogens is 500 g/mol. The van der Waals surface area contributed by atoms with Crippen molar-refractivity contribution in [2.45, 2.75) is 97.2 Å². The maximum Gasteiger partial charge on any atom is 0.302 e. The van der Waals surface area contributed by atoms with Gasteiger partial charge in [0.05, 0.1) is 6.10 Å². The number of ether oxygens (including phenoxy) is 3. The van der Waals surface area contributed by atoms with E-state index in [-0.39, 0.29) is 12.4 Å². The molecular formula is C30H42N2O7. The van der Waals surface area contributed by atoms with Crippen molar-refractivity contribution >= 4 is 5.97 Å². The van der Waals surface area contributed by atoms with Gasteiger partial charge in [0.15, 0.2) is 17.4 Å². The van der Waals surface area contributed by atoms with Crippen molar-refractivity contribution in [3.8, 4) is 11.6 Å². The van der Waals surface area contributed by atoms with Crippen LogP contribution in [0.1, 0.15) is 84.4 Å². The predicted octanol–water partition coefficient (Wildman–Crippen LogP) is 6.26. The van der Waals surface area contributed by atoms with Gasteiger partial charge in [0, 0.05) is 39.7 Å². The first-order valence-electron chi connectivity index (χ1n) is 13.5. The number of aromatic nitrogens is 2. The summed E-state index contributed by atoms with van der Waals surface area (Å²) in [6, 6.07) is 0. The van der Waals surface area contributed by atoms with Gasteiger partial charge in [-0.2, -0.15) is 0 Å². The molecule has 1 fully saturated rings. The smallest absolute Gasteiger partial charge is 0.302 e. The van der Waals surface area contributed by atoms with Gasteiger partial charge in [-0.05, 0) is 39.5 Å². The van der Waals surface area contributed by atoms with E-state index in [9.17, 15) is 9.90 Å². The zero-order valence-corrected chi connectivity index (χ0v) is 23.9. The highest BCUT2D eigenvalue weighted by molar-refractivity contribution is 5.66. The molecule has 0 spiro atoms. The van der Waals surface area contributed by atoms with Crippen LogP contribution < -0.4 is 0 Å². The quantitative estimate of drug-likeness (QED) is 0.231. The number of hydrogen-bond acceptors (Lipinski definition) is 9. The Hall–Kier alpha value is -3.01. The average Bonchev–Trinajstić information content (AvgIpc) is 3.51. The van der Waals surface area contributed by atoms with Crippen LogP contribution in [0.5, 0.6) is 0 Å². The van der Waals surface area contributed by atoms with Gasteiger partial charge in [-0.15, -0.1) is 0 Å². The molecule has 0 bridgehead atoms. The van der Waals surface area contributed by atoms with Crippen LogP contribution in [0, 0.1) is 5.92 Å². The molecule has 0 unspecified atom stereocenters. The zero-order chi connectivity index (χ0) is 28.4. The van der Waals surface area contributed by atoms with Crippen LogP contribution in [0.4, 0.5) is 0 Å². The monoisotopic (exact) mass is 542 g/mol. The fourth-order valence-electron chi connectivity index (χ4n) is 4.85. The fraction of sp³-hybridized carbons (Fsp3) is 0.567. The predicted molar refractivity (Wildman–Crippen MR) is 146 cm³/mol. The third-order valence-corrected chi connectivity index (χ3v) is 6.44. The first-order chi connectivity index (χ1) is 18.6. The number of carbonyl (C=O) groups excluding carboxylic acids is 1. The number of allylic oxidation sites excluding steroid dienone is 6. The van der Waals surface area contributed by atoms with Gasteiger partial charge in [0.2, 0.25) is 5.89 Å². The molecule has 9 heteroatoms. The number of carbonyl (C=O) groups is 1. The highest BCUT2D eigenvalue weighted by Gasteiger charge is 2.39. The lowest BCUT2D eigenvalue weighted by molar-refractivity contribution is -0.267. The number of nitrogens with zero attached hydrogens (tertiary/aromatic N) is 2. The summed E-state index contributed by atoms with van der Waals surface area (Å²) in [5, 5.41) is 10.5. The summed E-state index contributed by atoms with van der Waals surface area (Å²) in [5.41, 5.74) is 2.43. The summed E-state index contributed by atoms with van der Waals surface area (Å²) in [6.07, 6.45) is 16.1. The zero-order valence-electron chi connectivity index (χ0n) is 23.9. The standard InChI is InChI=1S/C30H42N2O7/c1-7-11-20(2)14-21(3)12-9-8-10-13-28-31-26(19-36-28)29-32-25(18-37-29)27(35-6)16-23-15-24(38-22(4)33)17-30(5,34)39-23/h7-9,11,14,18-20,23-24,27,34H,10,12-13,15-17H2,1-6H3/b9-8+,11-7+,21-14-/t20-,23+,24+,27+,30+/m0/s1. The number of aryl methyl sites for hydroxylation is 1. The van der Waals surface area contributed by atoms with Crippen molar-refractivity contribution < 1.29 is 32.9 Å². The summed E-state index contributed by atoms with van der Waals surface area (Å²) in [5.74, 6) is -0.394. The van der Waals surface area contributed by atoms with E-state index in [4.69, 9.17) is 23.0 Å². The highest BCUT2D eigenvalue weighted by atomic mass is 16.6. The Balaban J connectivity index is 1.54. The maximum absolute atomic E-state index is 11.4. The molecule has 214 valence electrons. The van der Waals surface area contributed by atoms with E-state index in [0.717, 1.165) is 12.8 Å². The van der Waals surface area contributed by atoms with E-state index in [2.05, 4.69) is 54.2 Å². The van der Waals surface area contributed by atoms with E-state index in [0.29, 0.717) is 48.3 Å². The van der Waals surface area contributed by atoms with E-state index in [1.807, 2.05) is 6.92 Å². The van der Waals surface area contributed by atoms with Crippen LogP contribution >= 0.6 is 0 Å². The van der Waals surface area contributed by atoms with Crippen molar-refractivity contribution in [1.29, 1.82) is 0 Å². The Labute approximate surface area is 230 Å². The van der Waals surface area contributed by atoms with Gasteiger partial charge in [0.25, 0.3) is 0 Å². The molecule has 1 aliphatic heterocycles. The topological polar surface area (TPSA) is 117 Å². The summed E-state index contributed by atoms with van der Waals surface area (Å²) in [7, 11) is 1.57. The minimum atomic E-state index is -1.40. The van der Waals surface area contributed by atoms with Crippen LogP contribution in [0.25, 0.3) is 11.6 Å². The molecule has 0 saturated carbocycles. The Morgan fingerprint density at radius 2 is 2.05 bits per heavy atom. The third-order valence-electron chi connectivity index (χ3n) is 6.44. The second kappa shape index (κ2) is 14.4. The second-order valence-electron chi connectivity index (χ2n) is 10.4. The Bertz CT molecular complexity index is 1140. The molecule has 3 heterocycles. The lowest BCUT2D eigenvalue weighted by atomic mass is 9.95. The fourth-order valence-corrected chi connectivity index (χ4v) is 4.85. The maximum atomic E-state index is 11.4. The molecule has 1 aliphatic rings. The number of aliphatic hydroxyl groups is 1. The molecule has 0 aromatic carbocycles. The van der Waals surface area contributed by atoms with E-state index in [1.54, 1.807) is 14.0 Å². The first-order valence-corrected chi connectivity index (χ1v) is 13.5. The van der Waals surface area contributed by atoms with E-state index in [1.165, 1.54) is 25.0 Å². The molecule has 5 atom stereocenters. The van der Waals surface area contributed by atoms with Crippen molar-refractivity contribution in [2.75, 3.05) is 7.11 Å². The van der Waals surface area contributed by atoms with Gasteiger partial charge >= 0.3 is 5.97 Å². The lowest BCUT2D eigenvalue weighted by Gasteiger charge is -2.39. The minimum absolute atomic E-state index is 0.214. The molecule has 3 rings (SSSR count). The molecule has 0 radical (unpaired) electrons. The number of oxazole rings is 2. The summed E-state index contributed by atoms with van der Waals surface area (Å²) in [4.78, 5) is 20.5. The summed E-state index contributed by atoms with van der Waals surface area (Å²) < 4.78 is 28.1. The van der Waals surface area contributed by atoms with Crippen LogP contribution in [-0.4, -0.2) is 46.1 Å². The molecule has 2 aromatic heterocycles. The van der Waals surface area contributed by atoms with Crippen LogP contribution in [0.15, 0.2) is 57.3 Å². The molecule has 1 saturated heterocycles. The Kier molecular flexibility index (Phi) is 11.3. The normalized spacial score (nSPS) is 23.9. The molecule has 0 aliphatic carbocycles. The van der Waals surface area contributed by atoms with Gasteiger partial charge in [0.1, 0.15) is 30.4 Å². The Morgan fingerprint density at radius 3 is 2.77 bits per heavy atom. The molecule has 2 aromatic rings. The van der Waals surface area contributed by atoms with Gasteiger partial charge in [-0.25, -0.2) is 9.97 Å². The van der Waals surface area contributed by atoms with E-state index >= 15 is 0 Å². The van der Waals surface area contributed by atoms with Crippen LogP contribution in [-0.2, 0) is 25.4 Å². The molecule has 1 N–H and O–H groups in total. The van der Waals surface area contributed by atoms with Gasteiger partial charge in [-0.1, -0.05) is 42.9 Å². The SMILES string of the molecule is C/C=C/[C@H](C)/C=C(/C)C/C=C/CCc1nc(-c2nc([C@@H](C[C@H]3C[C@@H](OC(C)=O)C[C@](C)(O)O3)OC)co2)co1. The number of hydrogen-bond donors (Lipinski definition) is 1. The molecule has 39 heavy (non-hydrogen) atoms. The average molecular weight is 543 g/mol. The molecule has 0 amide bonds. The minimum Gasteiger partial charge on any atom is -0.462 e. The Morgan fingerprint density at radius 1 is 1.26 bits per heavy atom. The molecule has 9 nitrogen and oxygen atoms in total. The largest absolute Gasteiger partial charge is 0.462 e. The van der Waals surface area contributed by atoms with Gasteiger partial charge < -0.3 is 28.2 Å². The van der Waals surface area contributed by atoms with Gasteiger partial charge in [-0.3, -0.25) is 4.79 Å². The van der Waals surface area contributed by atoms with Crippen LogP contribution in [0.2, 0.25) is 0 Å². The first kappa shape index (κ1) is 30.5. The summed E-state index contributed by atoms with van der Waals surface area (Å²) in [6.45, 7) is 9.28. The van der Waals surface area contributed by atoms with Crippen LogP contribution in [0.3, 0.4) is 0 Å². The highest BCUT2D eigenvalue weighted by Crippen LogP contribution is 2.34. The second-order valence-corrected chi connectivity index (χ2v) is 10.4. The lowest BCUT2D eigenvalue weighted by Crippen LogP contribution is -2.45. The van der Waals surface area contributed by atoms with Crippen molar-refractivity contribution in [3.05, 3.63) is 60.1 Å². The number of methoxy groups -OCH3 is 1. The van der Waals surface area contributed by atoms with E-state index < -0.39 is 24.1 Å². The van der Waals surface area contributed by atoms with Crippen molar-refractivity contribution in [3.63, 3.8) is 0 Å². The number of rotatable bonds is 13.